The summed E-state index contributed by atoms with van der Waals surface area (Å²) in [5, 5.41) is 3.00. The number of pyridine rings is 1. The van der Waals surface area contributed by atoms with Crippen LogP contribution in [-0.2, 0) is 11.2 Å². The molecule has 1 unspecified atom stereocenters. The third-order valence-electron chi connectivity index (χ3n) is 2.87. The minimum atomic E-state index is -0.0800. The lowest BCUT2D eigenvalue weighted by Crippen LogP contribution is -2.13. The van der Waals surface area contributed by atoms with Gasteiger partial charge >= 0.3 is 0 Å². The highest BCUT2D eigenvalue weighted by molar-refractivity contribution is 5.36. The van der Waals surface area contributed by atoms with Gasteiger partial charge in [0.05, 0.1) is 6.10 Å². The molecule has 3 heterocycles. The van der Waals surface area contributed by atoms with E-state index in [1.54, 1.807) is 6.07 Å². The SMILES string of the molecule is O=c1cccc2nc(CC3CCCO3)[nH]n12. The van der Waals surface area contributed by atoms with Gasteiger partial charge in [-0.25, -0.2) is 9.50 Å². The Morgan fingerprint density at radius 3 is 3.25 bits per heavy atom. The fourth-order valence-electron chi connectivity index (χ4n) is 2.08. The standard InChI is InChI=1S/C11H13N3O2/c15-11-5-1-4-10-12-9(13-14(10)11)7-8-3-2-6-16-8/h1,4-5,8H,2-3,6-7H2,(H,12,13). The molecule has 0 bridgehead atoms. The van der Waals surface area contributed by atoms with Crippen LogP contribution in [0.3, 0.4) is 0 Å². The van der Waals surface area contributed by atoms with Crippen LogP contribution >= 0.6 is 0 Å². The second-order valence-corrected chi connectivity index (χ2v) is 4.07. The molecule has 1 aliphatic rings. The van der Waals surface area contributed by atoms with Gasteiger partial charge in [0, 0.05) is 19.1 Å². The van der Waals surface area contributed by atoms with E-state index in [9.17, 15) is 4.79 Å². The molecule has 1 atom stereocenters. The molecule has 2 aromatic heterocycles. The Labute approximate surface area is 92.1 Å². The molecule has 0 saturated carbocycles. The summed E-state index contributed by atoms with van der Waals surface area (Å²) < 4.78 is 7.00. The van der Waals surface area contributed by atoms with Gasteiger partial charge in [0.15, 0.2) is 5.65 Å². The second kappa shape index (κ2) is 3.75. The molecule has 5 heteroatoms. The van der Waals surface area contributed by atoms with Crippen LogP contribution in [-0.4, -0.2) is 27.3 Å². The van der Waals surface area contributed by atoms with E-state index in [4.69, 9.17) is 4.74 Å². The van der Waals surface area contributed by atoms with Crippen LogP contribution in [0.5, 0.6) is 0 Å². The lowest BCUT2D eigenvalue weighted by Gasteiger charge is -2.04. The quantitative estimate of drug-likeness (QED) is 0.810. The summed E-state index contributed by atoms with van der Waals surface area (Å²) in [4.78, 5) is 15.9. The molecule has 84 valence electrons. The third kappa shape index (κ3) is 1.63. The molecule has 2 aromatic rings. The van der Waals surface area contributed by atoms with Crippen molar-refractivity contribution in [3.05, 3.63) is 34.4 Å². The van der Waals surface area contributed by atoms with E-state index in [0.29, 0.717) is 5.65 Å². The maximum Gasteiger partial charge on any atom is 0.271 e. The van der Waals surface area contributed by atoms with Crippen LogP contribution in [0.15, 0.2) is 23.0 Å². The topological polar surface area (TPSA) is 59.4 Å². The summed E-state index contributed by atoms with van der Waals surface area (Å²) in [7, 11) is 0. The zero-order valence-electron chi connectivity index (χ0n) is 8.85. The van der Waals surface area contributed by atoms with Gasteiger partial charge < -0.3 is 4.74 Å². The molecule has 0 aromatic carbocycles. The minimum Gasteiger partial charge on any atom is -0.378 e. The number of nitrogens with one attached hydrogen (secondary N) is 1. The Balaban J connectivity index is 1.93. The predicted octanol–water partition coefficient (Wildman–Crippen LogP) is 0.744. The zero-order valence-corrected chi connectivity index (χ0v) is 8.85. The van der Waals surface area contributed by atoms with E-state index in [1.807, 2.05) is 6.07 Å². The van der Waals surface area contributed by atoms with Crippen molar-refractivity contribution in [2.24, 2.45) is 0 Å². The molecule has 1 fully saturated rings. The van der Waals surface area contributed by atoms with Gasteiger partial charge in [-0.1, -0.05) is 6.07 Å². The van der Waals surface area contributed by atoms with Gasteiger partial charge in [0.25, 0.3) is 5.56 Å². The summed E-state index contributed by atoms with van der Waals surface area (Å²) in [5.74, 6) is 0.815. The maximum atomic E-state index is 11.5. The first-order chi connectivity index (χ1) is 7.83. The van der Waals surface area contributed by atoms with Crippen LogP contribution in [0.4, 0.5) is 0 Å². The van der Waals surface area contributed by atoms with Crippen LogP contribution in [0.25, 0.3) is 5.65 Å². The monoisotopic (exact) mass is 219 g/mol. The van der Waals surface area contributed by atoms with Gasteiger partial charge in [-0.3, -0.25) is 9.89 Å². The number of H-pyrrole nitrogens is 1. The summed E-state index contributed by atoms with van der Waals surface area (Å²) in [6.07, 6.45) is 3.19. The number of aromatic amines is 1. The molecule has 0 spiro atoms. The Morgan fingerprint density at radius 1 is 1.56 bits per heavy atom. The van der Waals surface area contributed by atoms with Crippen LogP contribution in [0.2, 0.25) is 0 Å². The maximum absolute atomic E-state index is 11.5. The lowest BCUT2D eigenvalue weighted by molar-refractivity contribution is 0.110. The molecule has 16 heavy (non-hydrogen) atoms. The smallest absolute Gasteiger partial charge is 0.271 e. The van der Waals surface area contributed by atoms with Crippen LogP contribution < -0.4 is 5.56 Å². The van der Waals surface area contributed by atoms with Crippen molar-refractivity contribution in [3.63, 3.8) is 0 Å². The highest BCUT2D eigenvalue weighted by Gasteiger charge is 2.17. The van der Waals surface area contributed by atoms with E-state index >= 15 is 0 Å². The fraction of sp³-hybridized carbons (Fsp3) is 0.455. The first-order valence-corrected chi connectivity index (χ1v) is 5.51. The van der Waals surface area contributed by atoms with Gasteiger partial charge in [-0.2, -0.15) is 0 Å². The highest BCUT2D eigenvalue weighted by Crippen LogP contribution is 2.15. The Morgan fingerprint density at radius 2 is 2.50 bits per heavy atom. The second-order valence-electron chi connectivity index (χ2n) is 4.07. The summed E-state index contributed by atoms with van der Waals surface area (Å²) >= 11 is 0. The molecule has 3 rings (SSSR count). The van der Waals surface area contributed by atoms with Crippen molar-refractivity contribution in [2.45, 2.75) is 25.4 Å². The van der Waals surface area contributed by atoms with Crippen LogP contribution in [0, 0.1) is 0 Å². The molecular formula is C11H13N3O2. The summed E-state index contributed by atoms with van der Waals surface area (Å²) in [6, 6.07) is 5.05. The van der Waals surface area contributed by atoms with Crippen LogP contribution in [0.1, 0.15) is 18.7 Å². The number of fused-ring (bicyclic) bond motifs is 1. The Kier molecular flexibility index (Phi) is 2.25. The molecule has 1 saturated heterocycles. The fourth-order valence-corrected chi connectivity index (χ4v) is 2.08. The molecule has 0 aliphatic carbocycles. The average molecular weight is 219 g/mol. The van der Waals surface area contributed by atoms with Gasteiger partial charge in [0.1, 0.15) is 5.82 Å². The molecule has 5 nitrogen and oxygen atoms in total. The predicted molar refractivity (Wildman–Crippen MR) is 58.5 cm³/mol. The number of hydrogen-bond acceptors (Lipinski definition) is 3. The first-order valence-electron chi connectivity index (χ1n) is 5.51. The highest BCUT2D eigenvalue weighted by atomic mass is 16.5. The van der Waals surface area contributed by atoms with Gasteiger partial charge in [-0.05, 0) is 18.9 Å². The molecule has 1 aliphatic heterocycles. The van der Waals surface area contributed by atoms with Crippen molar-refractivity contribution in [1.82, 2.24) is 14.6 Å². The zero-order chi connectivity index (χ0) is 11.0. The molecule has 0 amide bonds. The first kappa shape index (κ1) is 9.59. The van der Waals surface area contributed by atoms with E-state index in [2.05, 4.69) is 10.1 Å². The number of hydrogen-bond donors (Lipinski definition) is 1. The van der Waals surface area contributed by atoms with Gasteiger partial charge in [0.2, 0.25) is 0 Å². The summed E-state index contributed by atoms with van der Waals surface area (Å²) in [5.41, 5.74) is 0.587. The molecule has 0 radical (unpaired) electrons. The van der Waals surface area contributed by atoms with Crippen molar-refractivity contribution < 1.29 is 4.74 Å². The molecular weight excluding hydrogens is 206 g/mol. The van der Waals surface area contributed by atoms with Gasteiger partial charge in [-0.15, -0.1) is 0 Å². The van der Waals surface area contributed by atoms with Crippen molar-refractivity contribution in [2.75, 3.05) is 6.61 Å². The normalized spacial score (nSPS) is 20.6. The third-order valence-corrected chi connectivity index (χ3v) is 2.87. The van der Waals surface area contributed by atoms with E-state index in [1.165, 1.54) is 10.6 Å². The number of rotatable bonds is 2. The van der Waals surface area contributed by atoms with E-state index in [-0.39, 0.29) is 11.7 Å². The Hall–Kier alpha value is -1.62. The van der Waals surface area contributed by atoms with Crippen molar-refractivity contribution >= 4 is 5.65 Å². The summed E-state index contributed by atoms with van der Waals surface area (Å²) in [6.45, 7) is 0.838. The minimum absolute atomic E-state index is 0.0800. The number of nitrogens with zero attached hydrogens (tertiary/aromatic N) is 2. The Bertz CT molecular complexity index is 552. The number of ether oxygens (including phenoxy) is 1. The largest absolute Gasteiger partial charge is 0.378 e. The van der Waals surface area contributed by atoms with E-state index in [0.717, 1.165) is 31.7 Å². The lowest BCUT2D eigenvalue weighted by atomic mass is 10.2. The van der Waals surface area contributed by atoms with E-state index < -0.39 is 0 Å². The average Bonchev–Trinajstić information content (AvgIpc) is 2.88. The molecule has 1 N–H and O–H groups in total. The van der Waals surface area contributed by atoms with Crippen molar-refractivity contribution in [3.8, 4) is 0 Å². The van der Waals surface area contributed by atoms with Crippen molar-refractivity contribution in [1.29, 1.82) is 0 Å². The number of aromatic nitrogens is 3.